The number of hydrogen-bond donors (Lipinski definition) is 28. The maximum Gasteiger partial charge on any atom is 0.242 e. The van der Waals surface area contributed by atoms with E-state index in [2.05, 4.69) is 63.8 Å². The highest BCUT2D eigenvalue weighted by Gasteiger charge is 2.34. The Labute approximate surface area is 837 Å². The van der Waals surface area contributed by atoms with Crippen molar-refractivity contribution in [1.29, 1.82) is 0 Å². The first-order chi connectivity index (χ1) is 68.0. The van der Waals surface area contributed by atoms with E-state index in [4.69, 9.17) is 130 Å². The van der Waals surface area contributed by atoms with E-state index in [1.54, 1.807) is 0 Å². The molecular weight excluding hydrogens is 1830 g/mol. The van der Waals surface area contributed by atoms with E-state index in [1.807, 2.05) is 0 Å². The topological polar surface area (TPSA) is 839 Å². The van der Waals surface area contributed by atoms with Crippen LogP contribution in [0.15, 0.2) is 0 Å². The van der Waals surface area contributed by atoms with Crippen LogP contribution in [0.25, 0.3) is 0 Å². The first-order valence-corrected chi connectivity index (χ1v) is 51.8. The SMILES string of the molecule is NCCCCC(N)C(=O)NCCCCC(NC(=O)C(N)CCCCN)C(=O)NCCOCCOCC(COCCOCCNC(=O)C(CCCCNC(=O)C(N)CCCCN)NC(=O)C(N)CCCCN)(COCCOCCNC(=O)C(CCCCNC(=O)C(N)CCCCN)NC(=O)C(N)CCCCN)COCCOCCNC(=O)C(CCCCNC(=O)C(N)CCCCN)NC(=O)C(N)CCCCN. The summed E-state index contributed by atoms with van der Waals surface area (Å²) >= 11 is 0. The molecule has 48 nitrogen and oxygen atoms in total. The summed E-state index contributed by atoms with van der Waals surface area (Å²) < 4.78 is 49.3. The van der Waals surface area contributed by atoms with Crippen LogP contribution >= 0.6 is 0 Å². The van der Waals surface area contributed by atoms with Gasteiger partial charge in [0.15, 0.2) is 0 Å². The van der Waals surface area contributed by atoms with Gasteiger partial charge >= 0.3 is 0 Å². The van der Waals surface area contributed by atoms with Crippen LogP contribution < -0.4 is 156 Å². The van der Waals surface area contributed by atoms with E-state index in [0.717, 1.165) is 25.7 Å². The third-order valence-corrected chi connectivity index (χ3v) is 23.2. The number of amides is 12. The van der Waals surface area contributed by atoms with E-state index in [1.165, 1.54) is 0 Å². The van der Waals surface area contributed by atoms with Crippen molar-refractivity contribution < 1.29 is 95.4 Å². The van der Waals surface area contributed by atoms with E-state index in [9.17, 15) is 57.5 Å². The predicted molar refractivity (Wildman–Crippen MR) is 543 cm³/mol. The summed E-state index contributed by atoms with van der Waals surface area (Å²) in [5.41, 5.74) is 93.4. The Morgan fingerprint density at radius 1 is 0.170 bits per heavy atom. The molecule has 0 spiro atoms. The summed E-state index contributed by atoms with van der Waals surface area (Å²) in [6.45, 7) is 5.29. The number of hydrogen-bond acceptors (Lipinski definition) is 36. The minimum Gasteiger partial charge on any atom is -0.378 e. The number of unbranched alkanes of at least 4 members (excludes halogenated alkanes) is 12. The Balaban J connectivity index is 7.14. The van der Waals surface area contributed by atoms with Gasteiger partial charge in [-0.05, 0) is 232 Å². The maximum absolute atomic E-state index is 13.8. The van der Waals surface area contributed by atoms with Crippen LogP contribution in [0.1, 0.15) is 231 Å². The fourth-order valence-corrected chi connectivity index (χ4v) is 14.3. The number of carbonyl (C=O) groups excluding carboxylic acids is 12. The molecule has 0 radical (unpaired) electrons. The highest BCUT2D eigenvalue weighted by atomic mass is 16.6. The molecule has 0 aliphatic rings. The van der Waals surface area contributed by atoms with Gasteiger partial charge in [-0.25, -0.2) is 0 Å². The molecule has 0 rings (SSSR count). The summed E-state index contributed by atoms with van der Waals surface area (Å²) in [5.74, 6) is -5.00. The molecule has 0 heterocycles. The molecule has 0 bridgehead atoms. The van der Waals surface area contributed by atoms with Gasteiger partial charge in [-0.1, -0.05) is 51.4 Å². The fraction of sp³-hybridized carbons (Fsp3) is 0.871. The molecule has 0 saturated heterocycles. The number of ether oxygens (including phenoxy) is 8. The maximum atomic E-state index is 13.8. The molecule has 0 aromatic rings. The Kier molecular flexibility index (Phi) is 86.6. The molecule has 824 valence electrons. The van der Waals surface area contributed by atoms with Crippen molar-refractivity contribution in [1.82, 2.24) is 63.8 Å². The van der Waals surface area contributed by atoms with E-state index in [-0.39, 0.29) is 181 Å². The zero-order valence-corrected chi connectivity index (χ0v) is 84.9. The minimum atomic E-state index is -1.10. The summed E-state index contributed by atoms with van der Waals surface area (Å²) in [5, 5.41) is 34.0. The van der Waals surface area contributed by atoms with Gasteiger partial charge < -0.3 is 193 Å². The van der Waals surface area contributed by atoms with Gasteiger partial charge in [-0.3, -0.25) is 57.5 Å². The zero-order chi connectivity index (χ0) is 105. The molecule has 12 atom stereocenters. The van der Waals surface area contributed by atoms with E-state index >= 15 is 0 Å². The molecule has 12 amide bonds. The van der Waals surface area contributed by atoms with Gasteiger partial charge in [0, 0.05) is 52.4 Å². The Hall–Kier alpha value is -7.32. The van der Waals surface area contributed by atoms with Crippen molar-refractivity contribution in [2.45, 2.75) is 304 Å². The van der Waals surface area contributed by atoms with Gasteiger partial charge in [-0.15, -0.1) is 0 Å². The van der Waals surface area contributed by atoms with Crippen LogP contribution in [-0.4, -0.2) is 354 Å². The number of carbonyl (C=O) groups is 12. The second-order valence-electron chi connectivity index (χ2n) is 35.8. The van der Waals surface area contributed by atoms with E-state index in [0.29, 0.717) is 258 Å². The largest absolute Gasteiger partial charge is 0.378 e. The smallest absolute Gasteiger partial charge is 0.242 e. The van der Waals surface area contributed by atoms with Crippen LogP contribution in [0.4, 0.5) is 0 Å². The van der Waals surface area contributed by atoms with Crippen LogP contribution in [0.3, 0.4) is 0 Å². The van der Waals surface area contributed by atoms with Crippen LogP contribution in [0.2, 0.25) is 0 Å². The average molecular weight is 2020 g/mol. The van der Waals surface area contributed by atoms with Crippen LogP contribution in [-0.2, 0) is 95.4 Å². The first-order valence-electron chi connectivity index (χ1n) is 51.8. The standard InChI is InChI=1S/C93H192N28O20/c94-37-13-1-25-69(102)81(122)110-45-21-9-33-77(118-85(126)73(106)29-5-17-41-98)89(130)114-49-53-134-57-61-138-65-93(66-139-62-58-135-54-50-115-90(131)78(119-86(127)74(107)30-6-18-42-99)34-10-22-46-111-82(123)70(103)26-2-14-38-95,67-140-63-59-136-55-51-116-91(132)79(120-87(128)75(108)31-7-19-43-100)35-11-23-47-112-83(124)71(104)27-3-15-39-96)68-141-64-60-137-56-52-117-92(133)80(121-88(129)76(109)32-8-20-44-101)36-12-24-48-113-84(125)72(105)28-4-16-40-97/h69-80H,1-68,94-109H2,(H,110,122)(H,111,123)(H,112,124)(H,113,125)(H,114,130)(H,115,131)(H,116,132)(H,117,133)(H,118,126)(H,119,127)(H,120,128)(H,121,129). The molecule has 0 aromatic heterocycles. The fourth-order valence-electron chi connectivity index (χ4n) is 14.3. The molecule has 0 aromatic carbocycles. The quantitative estimate of drug-likeness (QED) is 0.0252. The molecule has 0 fully saturated rings. The van der Waals surface area contributed by atoms with E-state index < -0.39 is 125 Å². The Morgan fingerprint density at radius 3 is 0.489 bits per heavy atom. The van der Waals surface area contributed by atoms with Crippen molar-refractivity contribution in [2.24, 2.45) is 97.2 Å². The summed E-state index contributed by atoms with van der Waals surface area (Å²) in [4.78, 5) is 159. The van der Waals surface area contributed by atoms with Crippen molar-refractivity contribution in [3.63, 3.8) is 0 Å². The molecule has 48 heteroatoms. The van der Waals surface area contributed by atoms with Gasteiger partial charge in [-0.2, -0.15) is 0 Å². The Bertz CT molecular complexity index is 2820. The highest BCUT2D eigenvalue weighted by Crippen LogP contribution is 2.22. The van der Waals surface area contributed by atoms with Crippen molar-refractivity contribution in [3.05, 3.63) is 0 Å². The minimum absolute atomic E-state index is 0.0193. The molecule has 12 unspecified atom stereocenters. The molecular formula is C93H192N28O20. The van der Waals surface area contributed by atoms with Crippen LogP contribution in [0, 0.1) is 5.41 Å². The number of nitrogens with one attached hydrogen (secondary N) is 12. The van der Waals surface area contributed by atoms with Gasteiger partial charge in [0.25, 0.3) is 0 Å². The lowest BCUT2D eigenvalue weighted by atomic mass is 9.92. The van der Waals surface area contributed by atoms with Gasteiger partial charge in [0.1, 0.15) is 24.2 Å². The summed E-state index contributed by atoms with van der Waals surface area (Å²) in [6, 6.07) is -10.1. The summed E-state index contributed by atoms with van der Waals surface area (Å²) in [6.07, 6.45) is 19.2. The van der Waals surface area contributed by atoms with Crippen molar-refractivity contribution in [3.8, 4) is 0 Å². The number of nitrogens with two attached hydrogens (primary N) is 16. The second-order valence-corrected chi connectivity index (χ2v) is 35.8. The average Bonchev–Trinajstić information content (AvgIpc) is 0.861. The lowest BCUT2D eigenvalue weighted by Crippen LogP contribution is -2.52. The second kappa shape index (κ2) is 91.4. The predicted octanol–water partition coefficient (Wildman–Crippen LogP) is -6.69. The lowest BCUT2D eigenvalue weighted by molar-refractivity contribution is -0.130. The van der Waals surface area contributed by atoms with Crippen molar-refractivity contribution in [2.75, 3.05) is 210 Å². The Morgan fingerprint density at radius 2 is 0.319 bits per heavy atom. The van der Waals surface area contributed by atoms with Gasteiger partial charge in [0.05, 0.1) is 159 Å². The molecule has 0 aliphatic heterocycles. The molecule has 44 N–H and O–H groups in total. The normalized spacial score (nSPS) is 14.5. The third-order valence-electron chi connectivity index (χ3n) is 23.2. The van der Waals surface area contributed by atoms with Gasteiger partial charge in [0.2, 0.25) is 70.9 Å². The number of rotatable bonds is 100. The molecule has 0 saturated carbocycles. The lowest BCUT2D eigenvalue weighted by Gasteiger charge is -2.33. The molecule has 0 aliphatic carbocycles. The third kappa shape index (κ3) is 72.6. The van der Waals surface area contributed by atoms with Crippen LogP contribution in [0.5, 0.6) is 0 Å². The first kappa shape index (κ1) is 134. The zero-order valence-electron chi connectivity index (χ0n) is 84.9. The highest BCUT2D eigenvalue weighted by molar-refractivity contribution is 5.92. The van der Waals surface area contributed by atoms with Crippen molar-refractivity contribution >= 4 is 70.9 Å². The summed E-state index contributed by atoms with van der Waals surface area (Å²) in [7, 11) is 0. The monoisotopic (exact) mass is 2020 g/mol. The molecule has 141 heavy (non-hydrogen) atoms.